The molecule has 0 radical (unpaired) electrons. The van der Waals surface area contributed by atoms with Crippen LogP contribution in [0.25, 0.3) is 0 Å². The Hall–Kier alpha value is -2.88. The number of hydrogen-bond acceptors (Lipinski definition) is 5. The van der Waals surface area contributed by atoms with Gasteiger partial charge in [-0.25, -0.2) is 0 Å². The fraction of sp³-hybridized carbons (Fsp3) is 0.516. The van der Waals surface area contributed by atoms with Crippen LogP contribution in [0.15, 0.2) is 60.7 Å². The molecule has 0 unspecified atom stereocenters. The number of amides is 1. The van der Waals surface area contributed by atoms with Gasteiger partial charge in [0.25, 0.3) is 8.32 Å². The van der Waals surface area contributed by atoms with Crippen molar-refractivity contribution in [1.82, 2.24) is 16.0 Å². The largest absolute Gasteiger partial charge is 1.00 e. The first-order valence-electron chi connectivity index (χ1n) is 14.6. The van der Waals surface area contributed by atoms with Gasteiger partial charge in [-0.1, -0.05) is 81.4 Å². The van der Waals surface area contributed by atoms with Crippen molar-refractivity contribution in [1.29, 1.82) is 0 Å². The first-order chi connectivity index (χ1) is 19.2. The summed E-state index contributed by atoms with van der Waals surface area (Å²) in [6, 6.07) is 21.8. The van der Waals surface area contributed by atoms with Crippen molar-refractivity contribution in [2.45, 2.75) is 76.4 Å². The minimum absolute atomic E-state index is 0. The van der Waals surface area contributed by atoms with E-state index in [2.05, 4.69) is 102 Å². The Kier molecular flexibility index (Phi) is 11.8. The van der Waals surface area contributed by atoms with E-state index >= 15 is 0 Å². The number of carboxylic acids is 1. The molecule has 2 aromatic rings. The molecule has 0 aromatic heterocycles. The number of nitrogens with zero attached hydrogens (tertiary/aromatic N) is 1. The maximum atomic E-state index is 12.2. The van der Waals surface area contributed by atoms with E-state index in [0.717, 1.165) is 31.9 Å². The van der Waals surface area contributed by atoms with Crippen LogP contribution in [0, 0.1) is 0 Å². The smallest absolute Gasteiger partial charge is 0.346 e. The molecule has 0 saturated heterocycles. The lowest BCUT2D eigenvalue weighted by atomic mass is 10.1. The second-order valence-corrected chi connectivity index (χ2v) is 16.3. The monoisotopic (exact) mass is 600 g/mol. The molecule has 2 heterocycles. The van der Waals surface area contributed by atoms with Gasteiger partial charge < -0.3 is 27.3 Å². The van der Waals surface area contributed by atoms with Gasteiger partial charge in [0.1, 0.15) is 0 Å². The molecule has 0 fully saturated rings. The second-order valence-electron chi connectivity index (χ2n) is 12.0. The van der Waals surface area contributed by atoms with Crippen LogP contribution in [0.4, 0.5) is 0 Å². The Bertz CT molecular complexity index is 1130. The maximum Gasteiger partial charge on any atom is 0.346 e. The zero-order valence-electron chi connectivity index (χ0n) is 24.5. The summed E-state index contributed by atoms with van der Waals surface area (Å²) in [5, 5.41) is 21.6. The number of benzene rings is 2. The minimum Gasteiger partial charge on any atom is -1.00 e. The average molecular weight is 601 g/mol. The van der Waals surface area contributed by atoms with Gasteiger partial charge in [-0.05, 0) is 28.3 Å². The van der Waals surface area contributed by atoms with Gasteiger partial charge in [0.05, 0.1) is 38.3 Å². The lowest BCUT2D eigenvalue weighted by molar-refractivity contribution is -0.542. The number of unbranched alkanes of at least 4 members (excludes halogenated alkanes) is 1. The van der Waals surface area contributed by atoms with Crippen LogP contribution in [0.3, 0.4) is 0 Å². The highest BCUT2D eigenvalue weighted by Crippen LogP contribution is 2.36. The van der Waals surface area contributed by atoms with Gasteiger partial charge in [0.2, 0.25) is 5.91 Å². The van der Waals surface area contributed by atoms with Gasteiger partial charge in [-0.2, -0.15) is 0 Å². The van der Waals surface area contributed by atoms with Gasteiger partial charge in [0.15, 0.2) is 0 Å². The van der Waals surface area contributed by atoms with Crippen LogP contribution >= 0.6 is 0 Å². The highest BCUT2D eigenvalue weighted by Gasteiger charge is 2.50. The molecule has 0 saturated carbocycles. The molecular formula is C31H45ClN4O4Si. The van der Waals surface area contributed by atoms with Crippen LogP contribution < -0.4 is 38.7 Å². The molecule has 2 atom stereocenters. The highest BCUT2D eigenvalue weighted by atomic mass is 35.5. The van der Waals surface area contributed by atoms with E-state index in [0.29, 0.717) is 32.4 Å². The third-order valence-electron chi connectivity index (χ3n) is 8.00. The quantitative estimate of drug-likeness (QED) is 0.148. The normalized spacial score (nSPS) is 18.8. The summed E-state index contributed by atoms with van der Waals surface area (Å²) < 4.78 is 9.53. The second kappa shape index (κ2) is 14.8. The lowest BCUT2D eigenvalue weighted by Gasteiger charge is -2.44. The molecular weight excluding hydrogens is 556 g/mol. The summed E-state index contributed by atoms with van der Waals surface area (Å²) in [7, 11) is -2.60. The molecule has 4 N–H and O–H groups in total. The molecule has 2 aliphatic rings. The van der Waals surface area contributed by atoms with Gasteiger partial charge in [-0.3, -0.25) is 24.8 Å². The maximum absolute atomic E-state index is 12.2. The molecule has 0 aliphatic carbocycles. The first kappa shape index (κ1) is 32.6. The molecule has 0 spiro atoms. The van der Waals surface area contributed by atoms with Crippen molar-refractivity contribution in [3.8, 4) is 0 Å². The summed E-state index contributed by atoms with van der Waals surface area (Å²) in [5.74, 6) is 0.186. The Morgan fingerprint density at radius 2 is 1.46 bits per heavy atom. The standard InChI is InChI=1S/C31H44N4O4Si.ClH/c1-31(2,3)40(26-12-6-4-7-13-26,27-14-8-5-9-15-27)39-23-25-19-21-35-20-18-24(33-30(35)34-25)22-32-28(36)16-10-11-17-29(37)38;/h4-9,12-15,24-25H,10-11,16-23H2,1-3H3,(H3,32,33,34,36,37,38);1H/t24-,25-;/m0./s1. The summed E-state index contributed by atoms with van der Waals surface area (Å²) in [5.41, 5.74) is 0. The third kappa shape index (κ3) is 8.33. The lowest BCUT2D eigenvalue weighted by Crippen LogP contribution is -3.00. The number of aliphatic carboxylic acids is 1. The zero-order chi connectivity index (χ0) is 28.6. The Morgan fingerprint density at radius 1 is 0.927 bits per heavy atom. The number of carbonyl (C=O) groups is 2. The van der Waals surface area contributed by atoms with Crippen molar-refractivity contribution >= 4 is 36.5 Å². The molecule has 224 valence electrons. The van der Waals surface area contributed by atoms with Crippen molar-refractivity contribution < 1.29 is 36.1 Å². The average Bonchev–Trinajstić information content (AvgIpc) is 2.94. The molecule has 2 aromatic carbocycles. The number of carbonyl (C=O) groups excluding carboxylic acids is 1. The predicted octanol–water partition coefficient (Wildman–Crippen LogP) is -0.579. The van der Waals surface area contributed by atoms with Gasteiger partial charge in [-0.15, -0.1) is 0 Å². The van der Waals surface area contributed by atoms with Crippen LogP contribution in [0.1, 0.15) is 59.3 Å². The summed E-state index contributed by atoms with van der Waals surface area (Å²) in [6.45, 7) is 9.99. The van der Waals surface area contributed by atoms with Crippen molar-refractivity contribution in [2.75, 3.05) is 26.2 Å². The SMILES string of the molecule is CC(C)(C)[Si](OC[C@@H]1CC[N+]2=C(N[C@H](CNC(=O)CCCCC(=O)O)CC2)N1)(c1ccccc1)c1ccccc1.[Cl-]. The van der Waals surface area contributed by atoms with E-state index in [1.807, 2.05) is 0 Å². The number of nitrogens with one attached hydrogen (secondary N) is 3. The summed E-state index contributed by atoms with van der Waals surface area (Å²) in [4.78, 5) is 22.9. The molecule has 0 bridgehead atoms. The number of halogens is 1. The minimum atomic E-state index is -2.60. The van der Waals surface area contributed by atoms with E-state index < -0.39 is 14.3 Å². The number of hydrogen-bond donors (Lipinski definition) is 4. The van der Waals surface area contributed by atoms with E-state index in [1.165, 1.54) is 10.4 Å². The van der Waals surface area contributed by atoms with E-state index in [9.17, 15) is 9.59 Å². The molecule has 8 nitrogen and oxygen atoms in total. The number of carboxylic acid groups (broad SMARTS) is 1. The summed E-state index contributed by atoms with van der Waals surface area (Å²) in [6.07, 6.45) is 3.55. The van der Waals surface area contributed by atoms with Gasteiger partial charge in [0, 0.05) is 25.7 Å². The van der Waals surface area contributed by atoms with Crippen molar-refractivity contribution in [3.63, 3.8) is 0 Å². The molecule has 1 amide bonds. The van der Waals surface area contributed by atoms with Crippen molar-refractivity contribution in [2.24, 2.45) is 0 Å². The number of guanidine groups is 1. The summed E-state index contributed by atoms with van der Waals surface area (Å²) >= 11 is 0. The van der Waals surface area contributed by atoms with Crippen LogP contribution in [0.5, 0.6) is 0 Å². The molecule has 10 heteroatoms. The fourth-order valence-corrected chi connectivity index (χ4v) is 10.5. The highest BCUT2D eigenvalue weighted by molar-refractivity contribution is 6.99. The molecule has 4 rings (SSSR count). The Balaban J connectivity index is 0.00000462. The Labute approximate surface area is 251 Å². The van der Waals surface area contributed by atoms with E-state index in [1.54, 1.807) is 0 Å². The van der Waals surface area contributed by atoms with E-state index in [4.69, 9.17) is 9.53 Å². The Morgan fingerprint density at radius 3 is 2.02 bits per heavy atom. The zero-order valence-corrected chi connectivity index (χ0v) is 26.3. The number of rotatable bonds is 12. The van der Waals surface area contributed by atoms with E-state index in [-0.39, 0.29) is 41.9 Å². The van der Waals surface area contributed by atoms with Crippen LogP contribution in [0.2, 0.25) is 5.04 Å². The molecule has 2 aliphatic heterocycles. The van der Waals surface area contributed by atoms with Crippen LogP contribution in [-0.2, 0) is 14.0 Å². The van der Waals surface area contributed by atoms with Crippen LogP contribution in [-0.4, -0.2) is 74.2 Å². The molecule has 41 heavy (non-hydrogen) atoms. The topological polar surface area (TPSA) is 103 Å². The first-order valence-corrected chi connectivity index (χ1v) is 16.5. The third-order valence-corrected chi connectivity index (χ3v) is 13.0. The fourth-order valence-electron chi connectivity index (χ4n) is 5.87. The predicted molar refractivity (Wildman–Crippen MR) is 161 cm³/mol. The van der Waals surface area contributed by atoms with Crippen molar-refractivity contribution in [3.05, 3.63) is 60.7 Å². The van der Waals surface area contributed by atoms with Gasteiger partial charge >= 0.3 is 11.9 Å².